The van der Waals surface area contributed by atoms with Crippen LogP contribution in [0.1, 0.15) is 8.29 Å². The molecule has 2 unspecified atom stereocenters. The van der Waals surface area contributed by atoms with E-state index in [9.17, 15) is 10.2 Å². The molecule has 5 atom stereocenters. The smallest absolute Gasteiger partial charge is 0.129 e. The van der Waals surface area contributed by atoms with Crippen LogP contribution in [0, 0.1) is 0 Å². The van der Waals surface area contributed by atoms with E-state index in [0.717, 1.165) is 0 Å². The van der Waals surface area contributed by atoms with Crippen molar-refractivity contribution in [3.63, 3.8) is 0 Å². The number of aliphatic hydroxyl groups excluding tert-OH is 3. The molecule has 0 amide bonds. The number of hydrogen-bond acceptors (Lipinski definition) is 5. The summed E-state index contributed by atoms with van der Waals surface area (Å²) in [5.74, 6) is 0. The third kappa shape index (κ3) is 1.68. The van der Waals surface area contributed by atoms with Gasteiger partial charge in [-0.05, 0) is 6.92 Å². The monoisotopic (exact) mass is 181 g/mol. The molecule has 11 heavy (non-hydrogen) atoms. The summed E-state index contributed by atoms with van der Waals surface area (Å²) in [7, 11) is 0. The first-order valence-electron chi connectivity index (χ1n) is 3.80. The highest BCUT2D eigenvalue weighted by atomic mass is 32.1. The van der Waals surface area contributed by atoms with E-state index in [0.29, 0.717) is 0 Å². The summed E-state index contributed by atoms with van der Waals surface area (Å²) in [5, 5.41) is 27.5. The lowest BCUT2D eigenvalue weighted by molar-refractivity contribution is -0.0458. The fourth-order valence-corrected chi connectivity index (χ4v) is 1.26. The zero-order valence-corrected chi connectivity index (χ0v) is 6.90. The van der Waals surface area contributed by atoms with Crippen molar-refractivity contribution in [2.24, 2.45) is 0 Å². The fourth-order valence-electron chi connectivity index (χ4n) is 0.988. The lowest BCUT2D eigenvalue weighted by Crippen LogP contribution is -2.37. The van der Waals surface area contributed by atoms with Crippen LogP contribution in [0.25, 0.3) is 0 Å². The molecule has 0 aromatic heterocycles. The van der Waals surface area contributed by atoms with Gasteiger partial charge in [0.15, 0.2) is 0 Å². The Morgan fingerprint density at radius 2 is 2.09 bits per heavy atom. The second-order valence-corrected chi connectivity index (χ2v) is 3.04. The molecule has 1 aliphatic rings. The van der Waals surface area contributed by atoms with Gasteiger partial charge in [-0.25, -0.2) is 0 Å². The van der Waals surface area contributed by atoms with Gasteiger partial charge in [-0.3, -0.25) is 0 Å². The number of ether oxygens (including phenoxy) is 1. The molecule has 0 aromatic carbocycles. The Bertz CT molecular complexity index is 175. The van der Waals surface area contributed by atoms with Gasteiger partial charge in [-0.1, -0.05) is 0 Å². The summed E-state index contributed by atoms with van der Waals surface area (Å²) in [6.07, 6.45) is -4.55. The van der Waals surface area contributed by atoms with E-state index in [1.807, 2.05) is 0 Å². The lowest BCUT2D eigenvalue weighted by Gasteiger charge is -2.16. The molecular weight excluding hydrogens is 168 g/mol. The number of rotatable bonds is 1. The Kier molecular flexibility index (Phi) is 2.33. The average Bonchev–Trinajstić information content (AvgIpc) is 2.14. The number of aliphatic hydroxyl groups is 3. The molecule has 0 spiro atoms. The topological polar surface area (TPSA) is 69.9 Å². The Hall–Kier alpha value is 0.190. The zero-order valence-electron chi connectivity index (χ0n) is 7.01. The van der Waals surface area contributed by atoms with Gasteiger partial charge in [-0.15, -0.1) is 12.6 Å². The summed E-state index contributed by atoms with van der Waals surface area (Å²) in [4.78, 5) is 0. The number of hydrogen-bond donors (Lipinski definition) is 4. The van der Waals surface area contributed by atoms with Crippen LogP contribution in [0.4, 0.5) is 0 Å². The maximum absolute atomic E-state index is 9.26. The number of thiol groups is 1. The lowest BCUT2D eigenvalue weighted by atomic mass is 10.1. The Labute approximate surface area is 71.6 Å². The highest BCUT2D eigenvalue weighted by Gasteiger charge is 2.42. The predicted molar refractivity (Wildman–Crippen MR) is 41.3 cm³/mol. The molecule has 0 saturated carbocycles. The third-order valence-corrected chi connectivity index (χ3v) is 2.02. The highest BCUT2D eigenvalue weighted by Crippen LogP contribution is 2.25. The van der Waals surface area contributed by atoms with Crippen LogP contribution in [0.15, 0.2) is 0 Å². The molecule has 0 bridgehead atoms. The Morgan fingerprint density at radius 1 is 1.55 bits per heavy atom. The maximum atomic E-state index is 9.26. The van der Waals surface area contributed by atoms with Gasteiger partial charge < -0.3 is 20.1 Å². The molecule has 1 saturated heterocycles. The second kappa shape index (κ2) is 3.28. The summed E-state index contributed by atoms with van der Waals surface area (Å²) < 4.78 is 12.1. The Morgan fingerprint density at radius 3 is 2.27 bits per heavy atom. The maximum Gasteiger partial charge on any atom is 0.129 e. The predicted octanol–water partition coefficient (Wildman–Crippen LogP) is -1.26. The van der Waals surface area contributed by atoms with Crippen LogP contribution in [-0.2, 0) is 4.74 Å². The summed E-state index contributed by atoms with van der Waals surface area (Å²) >= 11 is 3.68. The molecular formula is C6H12O4S. The molecule has 1 aliphatic heterocycles. The molecule has 1 heterocycles. The van der Waals surface area contributed by atoms with Gasteiger partial charge in [0.1, 0.15) is 23.7 Å². The van der Waals surface area contributed by atoms with Gasteiger partial charge >= 0.3 is 0 Å². The largest absolute Gasteiger partial charge is 0.391 e. The minimum absolute atomic E-state index is 0.936. The minimum Gasteiger partial charge on any atom is -0.391 e. The van der Waals surface area contributed by atoms with Crippen LogP contribution in [0.3, 0.4) is 0 Å². The van der Waals surface area contributed by atoms with Crippen molar-refractivity contribution >= 4 is 12.6 Å². The van der Waals surface area contributed by atoms with Crippen molar-refractivity contribution in [1.29, 1.82) is 0 Å². The molecule has 5 heteroatoms. The first-order valence-corrected chi connectivity index (χ1v) is 3.75. The zero-order chi connectivity index (χ0) is 9.52. The molecule has 0 aromatic rings. The first kappa shape index (κ1) is 7.82. The van der Waals surface area contributed by atoms with Crippen molar-refractivity contribution in [2.75, 3.05) is 0 Å². The third-order valence-electron chi connectivity index (χ3n) is 1.65. The summed E-state index contributed by atoms with van der Waals surface area (Å²) in [5.41, 5.74) is -1.83. The molecule has 3 N–H and O–H groups in total. The van der Waals surface area contributed by atoms with Crippen molar-refractivity contribution in [2.45, 2.75) is 36.8 Å². The van der Waals surface area contributed by atoms with Gasteiger partial charge in [-0.2, -0.15) is 0 Å². The van der Waals surface area contributed by atoms with Crippen LogP contribution in [-0.4, -0.2) is 45.1 Å². The first-order chi connectivity index (χ1) is 5.36. The van der Waals surface area contributed by atoms with E-state index >= 15 is 0 Å². The second-order valence-electron chi connectivity index (χ2n) is 2.60. The molecule has 4 nitrogen and oxygen atoms in total. The summed E-state index contributed by atoms with van der Waals surface area (Å²) in [6.45, 7) is 1.41. The van der Waals surface area contributed by atoms with E-state index in [4.69, 9.17) is 11.2 Å². The van der Waals surface area contributed by atoms with E-state index in [1.54, 1.807) is 0 Å². The van der Waals surface area contributed by atoms with Gasteiger partial charge in [0.05, 0.1) is 7.47 Å². The van der Waals surface area contributed by atoms with Gasteiger partial charge in [0.25, 0.3) is 0 Å². The van der Waals surface area contributed by atoms with Crippen LogP contribution in [0.5, 0.6) is 0 Å². The van der Waals surface area contributed by atoms with Gasteiger partial charge in [0, 0.05) is 0 Å². The molecule has 1 fully saturated rings. The Balaban J connectivity index is 2.74. The summed E-state index contributed by atoms with van der Waals surface area (Å²) in [6, 6.07) is 0. The average molecular weight is 181 g/mol. The van der Waals surface area contributed by atoms with Crippen LogP contribution in [0.2, 0.25) is 0 Å². The van der Waals surface area contributed by atoms with E-state index in [-0.39, 0.29) is 0 Å². The van der Waals surface area contributed by atoms with E-state index in [1.165, 1.54) is 6.92 Å². The standard InChI is InChI=1S/C6H12O4S/c1-2(7)5-3(8)4(9)6(11)10-5/h2-9,11H,1H3/t2?,3-,4-,5-,6?/m1/s1/i6D. The highest BCUT2D eigenvalue weighted by molar-refractivity contribution is 7.80. The van der Waals surface area contributed by atoms with Gasteiger partial charge in [0.2, 0.25) is 0 Å². The molecule has 0 radical (unpaired) electrons. The van der Waals surface area contributed by atoms with Crippen molar-refractivity contribution in [3.05, 3.63) is 0 Å². The quantitative estimate of drug-likeness (QED) is 0.381. The minimum atomic E-state index is -1.83. The molecule has 0 aliphatic carbocycles. The van der Waals surface area contributed by atoms with Crippen molar-refractivity contribution in [1.82, 2.24) is 0 Å². The fraction of sp³-hybridized carbons (Fsp3) is 1.00. The van der Waals surface area contributed by atoms with Crippen molar-refractivity contribution < 1.29 is 21.4 Å². The molecule has 66 valence electrons. The SMILES string of the molecule is [2H]C1(S)O[C@H](C(C)O)[C@H](O)[C@H]1O. The van der Waals surface area contributed by atoms with E-state index in [2.05, 4.69) is 12.6 Å². The van der Waals surface area contributed by atoms with Crippen LogP contribution < -0.4 is 0 Å². The van der Waals surface area contributed by atoms with Crippen molar-refractivity contribution in [3.8, 4) is 0 Å². The molecule has 1 rings (SSSR count). The van der Waals surface area contributed by atoms with Crippen LogP contribution >= 0.6 is 12.6 Å². The normalized spacial score (nSPS) is 55.7. The van der Waals surface area contributed by atoms with E-state index < -0.39 is 29.8 Å².